The lowest BCUT2D eigenvalue weighted by Gasteiger charge is -2.20. The van der Waals surface area contributed by atoms with Crippen molar-refractivity contribution in [2.45, 2.75) is 58.7 Å². The average molecular weight is 548 g/mol. The fourth-order valence-corrected chi connectivity index (χ4v) is 5.19. The summed E-state index contributed by atoms with van der Waals surface area (Å²) in [5.74, 6) is 0.0151. The molecule has 3 aromatic rings. The molecule has 0 aliphatic heterocycles. The van der Waals surface area contributed by atoms with Crippen LogP contribution in [0.15, 0.2) is 48.5 Å². The highest BCUT2D eigenvalue weighted by Gasteiger charge is 2.30. The Bertz CT molecular complexity index is 1230. The second kappa shape index (κ2) is 13.0. The number of esters is 1. The van der Waals surface area contributed by atoms with Crippen molar-refractivity contribution in [1.29, 1.82) is 0 Å². The van der Waals surface area contributed by atoms with E-state index in [-0.39, 0.29) is 30.9 Å². The molecule has 204 valence electrons. The smallest absolute Gasteiger partial charge is 0.416 e. The number of thiophene rings is 1. The summed E-state index contributed by atoms with van der Waals surface area (Å²) in [5, 5.41) is 2.73. The molecule has 1 N–H and O–H groups in total. The lowest BCUT2D eigenvalue weighted by molar-refractivity contribution is -0.140. The summed E-state index contributed by atoms with van der Waals surface area (Å²) >= 11 is 1.35. The van der Waals surface area contributed by atoms with Crippen molar-refractivity contribution < 1.29 is 32.2 Å². The van der Waals surface area contributed by atoms with Gasteiger partial charge in [-0.05, 0) is 85.3 Å². The standard InChI is InChI=1S/C29H32F3NO4S/c1-5-6-7-23(24-12-13-25(38-24)28(35)33-15-14-26(34)36-4)37-22-16-18(2)27(19(3)17-22)20-8-10-21(11-9-20)29(30,31)32/h8-13,16-17,23H,5-7,14-15H2,1-4H3,(H,33,35)/t23-/m1/s1. The molecule has 1 heterocycles. The molecule has 0 radical (unpaired) electrons. The van der Waals surface area contributed by atoms with Gasteiger partial charge in [-0.3, -0.25) is 9.59 Å². The van der Waals surface area contributed by atoms with Crippen LogP contribution in [0.2, 0.25) is 0 Å². The van der Waals surface area contributed by atoms with E-state index in [0.717, 1.165) is 53.0 Å². The van der Waals surface area contributed by atoms with Gasteiger partial charge in [-0.2, -0.15) is 13.2 Å². The van der Waals surface area contributed by atoms with Crippen molar-refractivity contribution >= 4 is 23.2 Å². The summed E-state index contributed by atoms with van der Waals surface area (Å²) in [7, 11) is 1.30. The minimum Gasteiger partial charge on any atom is -0.485 e. The molecule has 1 atom stereocenters. The van der Waals surface area contributed by atoms with Gasteiger partial charge in [-0.25, -0.2) is 0 Å². The molecule has 0 fully saturated rings. The Morgan fingerprint density at radius 3 is 2.26 bits per heavy atom. The van der Waals surface area contributed by atoms with Gasteiger partial charge in [-0.1, -0.05) is 25.5 Å². The number of hydrogen-bond acceptors (Lipinski definition) is 5. The lowest BCUT2D eigenvalue weighted by atomic mass is 9.94. The van der Waals surface area contributed by atoms with E-state index < -0.39 is 11.7 Å². The van der Waals surface area contributed by atoms with Crippen LogP contribution in [0.3, 0.4) is 0 Å². The van der Waals surface area contributed by atoms with E-state index in [0.29, 0.717) is 16.2 Å². The van der Waals surface area contributed by atoms with Gasteiger partial charge in [0.05, 0.1) is 24.0 Å². The molecule has 2 aromatic carbocycles. The largest absolute Gasteiger partial charge is 0.485 e. The monoisotopic (exact) mass is 547 g/mol. The molecule has 0 saturated heterocycles. The van der Waals surface area contributed by atoms with Crippen LogP contribution in [0, 0.1) is 13.8 Å². The number of ether oxygens (including phenoxy) is 2. The van der Waals surface area contributed by atoms with E-state index in [9.17, 15) is 22.8 Å². The molecule has 9 heteroatoms. The highest BCUT2D eigenvalue weighted by Crippen LogP contribution is 2.37. The van der Waals surface area contributed by atoms with Gasteiger partial charge in [0.2, 0.25) is 0 Å². The number of nitrogens with one attached hydrogen (secondary N) is 1. The van der Waals surface area contributed by atoms with Crippen LogP contribution < -0.4 is 10.1 Å². The number of methoxy groups -OCH3 is 1. The first kappa shape index (κ1) is 29.2. The first-order valence-electron chi connectivity index (χ1n) is 12.4. The average Bonchev–Trinajstić information content (AvgIpc) is 3.36. The van der Waals surface area contributed by atoms with Crippen molar-refractivity contribution in [2.24, 2.45) is 0 Å². The van der Waals surface area contributed by atoms with Gasteiger partial charge in [0.25, 0.3) is 5.91 Å². The maximum atomic E-state index is 13.0. The van der Waals surface area contributed by atoms with Gasteiger partial charge < -0.3 is 14.8 Å². The zero-order chi connectivity index (χ0) is 27.9. The molecule has 3 rings (SSSR count). The predicted molar refractivity (Wildman–Crippen MR) is 143 cm³/mol. The topological polar surface area (TPSA) is 64.6 Å². The third-order valence-corrected chi connectivity index (χ3v) is 7.29. The van der Waals surface area contributed by atoms with Gasteiger partial charge in [0.15, 0.2) is 0 Å². The molecule has 0 unspecified atom stereocenters. The van der Waals surface area contributed by atoms with Crippen molar-refractivity contribution in [2.75, 3.05) is 13.7 Å². The van der Waals surface area contributed by atoms with E-state index in [1.165, 1.54) is 30.6 Å². The maximum Gasteiger partial charge on any atom is 0.416 e. The van der Waals surface area contributed by atoms with Crippen LogP contribution >= 0.6 is 11.3 Å². The zero-order valence-electron chi connectivity index (χ0n) is 21.9. The van der Waals surface area contributed by atoms with Crippen LogP contribution in [0.1, 0.15) is 70.0 Å². The number of unbranched alkanes of at least 4 members (excludes halogenated alkanes) is 1. The normalized spacial score (nSPS) is 12.2. The molecular weight excluding hydrogens is 515 g/mol. The number of carbonyl (C=O) groups excluding carboxylic acids is 2. The van der Waals surface area contributed by atoms with Crippen LogP contribution in [-0.4, -0.2) is 25.5 Å². The maximum absolute atomic E-state index is 13.0. The Hall–Kier alpha value is -3.33. The minimum atomic E-state index is -4.38. The Labute approximate surface area is 225 Å². The number of halogens is 3. The second-order valence-corrected chi connectivity index (χ2v) is 10.2. The zero-order valence-corrected chi connectivity index (χ0v) is 22.7. The third kappa shape index (κ3) is 7.60. The van der Waals surface area contributed by atoms with E-state index >= 15 is 0 Å². The minimum absolute atomic E-state index is 0.101. The Morgan fingerprint density at radius 2 is 1.68 bits per heavy atom. The summed E-state index contributed by atoms with van der Waals surface area (Å²) < 4.78 is 49.9. The van der Waals surface area contributed by atoms with Crippen LogP contribution in [0.5, 0.6) is 5.75 Å². The quantitative estimate of drug-likeness (QED) is 0.250. The Kier molecular flexibility index (Phi) is 9.96. The van der Waals surface area contributed by atoms with Crippen molar-refractivity contribution in [3.8, 4) is 16.9 Å². The summed E-state index contributed by atoms with van der Waals surface area (Å²) in [6.07, 6.45) is -1.85. The number of amides is 1. The molecule has 5 nitrogen and oxygen atoms in total. The molecule has 0 aliphatic rings. The summed E-state index contributed by atoms with van der Waals surface area (Å²) in [6, 6.07) is 12.6. The molecule has 0 saturated carbocycles. The molecule has 0 aliphatic carbocycles. The SMILES string of the molecule is CCCC[C@@H](Oc1cc(C)c(-c2ccc(C(F)(F)F)cc2)c(C)c1)c1ccc(C(=O)NCCC(=O)OC)s1. The van der Waals surface area contributed by atoms with Crippen LogP contribution in [0.25, 0.3) is 11.1 Å². The fraction of sp³-hybridized carbons (Fsp3) is 0.379. The summed E-state index contributed by atoms with van der Waals surface area (Å²) in [5.41, 5.74) is 2.70. The van der Waals surface area contributed by atoms with Crippen LogP contribution in [0.4, 0.5) is 13.2 Å². The van der Waals surface area contributed by atoms with Gasteiger partial charge in [0, 0.05) is 11.4 Å². The van der Waals surface area contributed by atoms with Crippen molar-refractivity contribution in [1.82, 2.24) is 5.32 Å². The first-order valence-corrected chi connectivity index (χ1v) is 13.3. The fourth-order valence-electron chi connectivity index (χ4n) is 4.20. The number of aryl methyl sites for hydroxylation is 2. The van der Waals surface area contributed by atoms with E-state index in [1.54, 1.807) is 6.07 Å². The number of hydrogen-bond donors (Lipinski definition) is 1. The van der Waals surface area contributed by atoms with E-state index in [1.807, 2.05) is 32.0 Å². The number of alkyl halides is 3. The molecule has 1 aromatic heterocycles. The number of benzene rings is 2. The highest BCUT2D eigenvalue weighted by molar-refractivity contribution is 7.14. The molecular formula is C29H32F3NO4S. The predicted octanol–water partition coefficient (Wildman–Crippen LogP) is 7.65. The van der Waals surface area contributed by atoms with E-state index in [4.69, 9.17) is 4.74 Å². The van der Waals surface area contributed by atoms with Gasteiger partial charge in [0.1, 0.15) is 11.9 Å². The Morgan fingerprint density at radius 1 is 1.03 bits per heavy atom. The molecule has 38 heavy (non-hydrogen) atoms. The second-order valence-electron chi connectivity index (χ2n) is 9.04. The van der Waals surface area contributed by atoms with Crippen LogP contribution in [-0.2, 0) is 15.7 Å². The van der Waals surface area contributed by atoms with E-state index in [2.05, 4.69) is 17.0 Å². The Balaban J connectivity index is 1.78. The summed E-state index contributed by atoms with van der Waals surface area (Å²) in [6.45, 7) is 6.11. The molecule has 0 bridgehead atoms. The van der Waals surface area contributed by atoms with Gasteiger partial charge >= 0.3 is 12.1 Å². The molecule has 0 spiro atoms. The lowest BCUT2D eigenvalue weighted by Crippen LogP contribution is -2.25. The highest BCUT2D eigenvalue weighted by atomic mass is 32.1. The van der Waals surface area contributed by atoms with Crippen molar-refractivity contribution in [3.05, 3.63) is 75.0 Å². The van der Waals surface area contributed by atoms with Crippen molar-refractivity contribution in [3.63, 3.8) is 0 Å². The first-order chi connectivity index (χ1) is 18.0. The van der Waals surface area contributed by atoms with Gasteiger partial charge in [-0.15, -0.1) is 11.3 Å². The third-order valence-electron chi connectivity index (χ3n) is 6.12. The molecule has 1 amide bonds. The summed E-state index contributed by atoms with van der Waals surface area (Å²) in [4.78, 5) is 25.2. The number of rotatable bonds is 11. The number of carbonyl (C=O) groups is 2.